The van der Waals surface area contributed by atoms with E-state index >= 15 is 0 Å². The SMILES string of the molecule is CC/C=C\C/C=C\C/C=C\C/C=C\CCCCC(=O)NC(COP(=O)(O)OCC(O)COC(=O)CCCC)C(=O)O. The maximum absolute atomic E-state index is 12.1. The predicted octanol–water partition coefficient (Wildman–Crippen LogP) is 5.15. The minimum absolute atomic E-state index is 0.0910. The quantitative estimate of drug-likeness (QED) is 0.0475. The van der Waals surface area contributed by atoms with E-state index in [0.717, 1.165) is 44.9 Å². The molecule has 0 aliphatic carbocycles. The number of phosphoric ester groups is 1. The molecule has 0 saturated carbocycles. The van der Waals surface area contributed by atoms with Gasteiger partial charge in [-0.3, -0.25) is 18.6 Å². The number of esters is 1. The number of unbranched alkanes of at least 4 members (excludes halogenated alkanes) is 3. The van der Waals surface area contributed by atoms with E-state index in [2.05, 4.69) is 63.8 Å². The highest BCUT2D eigenvalue weighted by Gasteiger charge is 2.28. The first-order chi connectivity index (χ1) is 19.6. The lowest BCUT2D eigenvalue weighted by atomic mass is 10.1. The number of hydrogen-bond donors (Lipinski definition) is 4. The second kappa shape index (κ2) is 25.2. The molecule has 0 aromatic rings. The Morgan fingerprint density at radius 1 is 0.805 bits per heavy atom. The minimum atomic E-state index is -4.74. The fraction of sp³-hybridized carbons (Fsp3) is 0.621. The standard InChI is InChI=1S/C29H48NO10P/c1-3-5-7-8-9-10-11-12-13-14-15-16-17-18-19-20-27(32)30-26(29(34)35)24-40-41(36,37)39-23-25(31)22-38-28(33)21-6-4-2/h5,7,9-10,12-13,15-16,25-26,31H,3-4,6,8,11,14,17-24H2,1-2H3,(H,30,32)(H,34,35)(H,36,37)/b7-5-,10-9-,13-12-,16-15-. The number of phosphoric acid groups is 1. The lowest BCUT2D eigenvalue weighted by Gasteiger charge is -2.18. The molecular formula is C29H48NO10P. The van der Waals surface area contributed by atoms with Gasteiger partial charge in [-0.15, -0.1) is 0 Å². The molecule has 1 amide bonds. The van der Waals surface area contributed by atoms with Crippen LogP contribution < -0.4 is 5.32 Å². The number of nitrogens with one attached hydrogen (secondary N) is 1. The van der Waals surface area contributed by atoms with Gasteiger partial charge in [0.2, 0.25) is 5.91 Å². The number of carbonyl (C=O) groups is 3. The summed E-state index contributed by atoms with van der Waals surface area (Å²) in [6, 6.07) is -1.56. The van der Waals surface area contributed by atoms with Crippen LogP contribution in [0.1, 0.15) is 84.5 Å². The number of hydrogen-bond acceptors (Lipinski definition) is 8. The summed E-state index contributed by atoms with van der Waals surface area (Å²) in [5.41, 5.74) is 0. The molecule has 0 heterocycles. The van der Waals surface area contributed by atoms with Crippen molar-refractivity contribution < 1.29 is 47.8 Å². The van der Waals surface area contributed by atoms with Gasteiger partial charge in [-0.1, -0.05) is 68.9 Å². The first-order valence-electron chi connectivity index (χ1n) is 14.2. The Bertz CT molecular complexity index is 900. The van der Waals surface area contributed by atoms with Crippen molar-refractivity contribution in [1.29, 1.82) is 0 Å². The zero-order valence-electron chi connectivity index (χ0n) is 24.3. The molecule has 0 saturated heterocycles. The summed E-state index contributed by atoms with van der Waals surface area (Å²) in [6.07, 6.45) is 23.0. The molecule has 0 rings (SSSR count). The summed E-state index contributed by atoms with van der Waals surface area (Å²) >= 11 is 0. The van der Waals surface area contributed by atoms with Crippen LogP contribution in [-0.4, -0.2) is 64.9 Å². The number of aliphatic hydroxyl groups is 1. The number of aliphatic carboxylic acids is 1. The number of carboxylic acids is 1. The molecule has 3 unspecified atom stereocenters. The number of aliphatic hydroxyl groups excluding tert-OH is 1. The molecule has 3 atom stereocenters. The minimum Gasteiger partial charge on any atom is -0.480 e. The van der Waals surface area contributed by atoms with E-state index in [9.17, 15) is 34.1 Å². The Kier molecular flexibility index (Phi) is 23.6. The highest BCUT2D eigenvalue weighted by atomic mass is 31.2. The van der Waals surface area contributed by atoms with Crippen LogP contribution >= 0.6 is 7.82 Å². The van der Waals surface area contributed by atoms with Crippen molar-refractivity contribution >= 4 is 25.7 Å². The van der Waals surface area contributed by atoms with Gasteiger partial charge in [0.15, 0.2) is 6.04 Å². The normalized spacial score (nSPS) is 15.0. The van der Waals surface area contributed by atoms with E-state index in [1.54, 1.807) is 0 Å². The molecule has 0 aromatic heterocycles. The Morgan fingerprint density at radius 2 is 1.39 bits per heavy atom. The lowest BCUT2D eigenvalue weighted by Crippen LogP contribution is -2.43. The van der Waals surface area contributed by atoms with Gasteiger partial charge in [-0.05, 0) is 51.4 Å². The third kappa shape index (κ3) is 24.9. The molecule has 4 N–H and O–H groups in total. The van der Waals surface area contributed by atoms with E-state index in [4.69, 9.17) is 4.74 Å². The van der Waals surface area contributed by atoms with Crippen molar-refractivity contribution in [1.82, 2.24) is 5.32 Å². The Hall–Kier alpha value is -2.56. The highest BCUT2D eigenvalue weighted by Crippen LogP contribution is 2.43. The number of carbonyl (C=O) groups excluding carboxylic acids is 2. The van der Waals surface area contributed by atoms with E-state index < -0.39 is 57.6 Å². The van der Waals surface area contributed by atoms with Crippen molar-refractivity contribution in [3.05, 3.63) is 48.6 Å². The lowest BCUT2D eigenvalue weighted by molar-refractivity contribution is -0.147. The summed E-state index contributed by atoms with van der Waals surface area (Å²) in [4.78, 5) is 44.7. The number of rotatable bonds is 25. The molecule has 0 aromatic carbocycles. The topological polar surface area (TPSA) is 169 Å². The first kappa shape index (κ1) is 38.4. The van der Waals surface area contributed by atoms with Crippen molar-refractivity contribution in [3.63, 3.8) is 0 Å². The number of ether oxygens (including phenoxy) is 1. The third-order valence-electron chi connectivity index (χ3n) is 5.38. The molecule has 0 fully saturated rings. The summed E-state index contributed by atoms with van der Waals surface area (Å²) < 4.78 is 26.1. The second-order valence-electron chi connectivity index (χ2n) is 9.21. The van der Waals surface area contributed by atoms with E-state index in [-0.39, 0.29) is 12.8 Å². The Balaban J connectivity index is 4.16. The largest absolute Gasteiger partial charge is 0.480 e. The van der Waals surface area contributed by atoms with Crippen molar-refractivity contribution in [3.8, 4) is 0 Å². The number of amides is 1. The molecule has 12 heteroatoms. The molecule has 0 radical (unpaired) electrons. The Labute approximate surface area is 244 Å². The average molecular weight is 602 g/mol. The fourth-order valence-corrected chi connectivity index (χ4v) is 3.88. The maximum Gasteiger partial charge on any atom is 0.472 e. The van der Waals surface area contributed by atoms with E-state index in [1.807, 2.05) is 13.0 Å². The molecule has 0 aliphatic rings. The molecule has 41 heavy (non-hydrogen) atoms. The Morgan fingerprint density at radius 3 is 1.98 bits per heavy atom. The fourth-order valence-electron chi connectivity index (χ4n) is 3.10. The van der Waals surface area contributed by atoms with Gasteiger partial charge in [0, 0.05) is 12.8 Å². The summed E-state index contributed by atoms with van der Waals surface area (Å²) in [5.74, 6) is -2.48. The van der Waals surface area contributed by atoms with Crippen LogP contribution in [0.4, 0.5) is 0 Å². The van der Waals surface area contributed by atoms with Gasteiger partial charge >= 0.3 is 19.8 Å². The van der Waals surface area contributed by atoms with Crippen LogP contribution in [0, 0.1) is 0 Å². The number of carboxylic acid groups (broad SMARTS) is 1. The molecule has 0 aliphatic heterocycles. The van der Waals surface area contributed by atoms with Crippen LogP contribution in [0.25, 0.3) is 0 Å². The van der Waals surface area contributed by atoms with E-state index in [1.165, 1.54) is 0 Å². The van der Waals surface area contributed by atoms with Crippen LogP contribution in [-0.2, 0) is 32.7 Å². The summed E-state index contributed by atoms with van der Waals surface area (Å²) in [5, 5.41) is 21.3. The predicted molar refractivity (Wildman–Crippen MR) is 157 cm³/mol. The zero-order valence-corrected chi connectivity index (χ0v) is 25.2. The van der Waals surface area contributed by atoms with Gasteiger partial charge in [-0.2, -0.15) is 0 Å². The molecular weight excluding hydrogens is 553 g/mol. The van der Waals surface area contributed by atoms with Crippen LogP contribution in [0.15, 0.2) is 48.6 Å². The van der Waals surface area contributed by atoms with Gasteiger partial charge in [-0.25, -0.2) is 9.36 Å². The molecule has 0 spiro atoms. The smallest absolute Gasteiger partial charge is 0.472 e. The van der Waals surface area contributed by atoms with Crippen LogP contribution in [0.2, 0.25) is 0 Å². The summed E-state index contributed by atoms with van der Waals surface area (Å²) in [6.45, 7) is 2.08. The maximum atomic E-state index is 12.1. The highest BCUT2D eigenvalue weighted by molar-refractivity contribution is 7.47. The van der Waals surface area contributed by atoms with Crippen LogP contribution in [0.5, 0.6) is 0 Å². The second-order valence-corrected chi connectivity index (χ2v) is 10.7. The molecule has 0 bridgehead atoms. The van der Waals surface area contributed by atoms with Crippen LogP contribution in [0.3, 0.4) is 0 Å². The molecule has 11 nitrogen and oxygen atoms in total. The van der Waals surface area contributed by atoms with Gasteiger partial charge in [0.1, 0.15) is 12.7 Å². The van der Waals surface area contributed by atoms with Gasteiger partial charge < -0.3 is 25.2 Å². The van der Waals surface area contributed by atoms with Crippen molar-refractivity contribution in [2.75, 3.05) is 19.8 Å². The summed E-state index contributed by atoms with van der Waals surface area (Å²) in [7, 11) is -4.74. The third-order valence-corrected chi connectivity index (χ3v) is 6.33. The van der Waals surface area contributed by atoms with Crippen molar-refractivity contribution in [2.24, 2.45) is 0 Å². The van der Waals surface area contributed by atoms with Gasteiger partial charge in [0.05, 0.1) is 13.2 Å². The van der Waals surface area contributed by atoms with Crippen molar-refractivity contribution in [2.45, 2.75) is 96.6 Å². The first-order valence-corrected chi connectivity index (χ1v) is 15.7. The molecule has 234 valence electrons. The zero-order chi connectivity index (χ0) is 30.8. The number of allylic oxidation sites excluding steroid dienone is 8. The monoisotopic (exact) mass is 601 g/mol. The van der Waals surface area contributed by atoms with Gasteiger partial charge in [0.25, 0.3) is 0 Å². The van der Waals surface area contributed by atoms with E-state index in [0.29, 0.717) is 12.8 Å². The average Bonchev–Trinajstić information content (AvgIpc) is 2.93.